The molecule has 1 aromatic carbocycles. The van der Waals surface area contributed by atoms with Crippen LogP contribution in [0.3, 0.4) is 0 Å². The number of fused-ring (bicyclic) bond motifs is 1. The Morgan fingerprint density at radius 3 is 2.29 bits per heavy atom. The van der Waals surface area contributed by atoms with E-state index >= 15 is 0 Å². The van der Waals surface area contributed by atoms with Gasteiger partial charge < -0.3 is 14.8 Å². The van der Waals surface area contributed by atoms with Crippen molar-refractivity contribution in [2.75, 3.05) is 19.5 Å². The second-order valence-electron chi connectivity index (χ2n) is 6.04. The zero-order valence-electron chi connectivity index (χ0n) is 14.6. The van der Waals surface area contributed by atoms with E-state index in [1.165, 1.54) is 0 Å². The number of hydrogen-bond donors (Lipinski definition) is 2. The Morgan fingerprint density at radius 2 is 1.71 bits per heavy atom. The van der Waals surface area contributed by atoms with Crippen molar-refractivity contribution < 1.29 is 9.47 Å². The van der Waals surface area contributed by atoms with Crippen molar-refractivity contribution in [1.82, 2.24) is 15.2 Å². The Bertz CT molecular complexity index is 871. The van der Waals surface area contributed by atoms with Crippen LogP contribution in [-0.4, -0.2) is 29.4 Å². The maximum Gasteiger partial charge on any atom is 0.161 e. The molecule has 0 fully saturated rings. The number of ether oxygens (including phenoxy) is 2. The van der Waals surface area contributed by atoms with Gasteiger partial charge in [0.1, 0.15) is 5.82 Å². The van der Waals surface area contributed by atoms with E-state index in [2.05, 4.69) is 29.4 Å². The Balaban J connectivity index is 2.14. The summed E-state index contributed by atoms with van der Waals surface area (Å²) in [7, 11) is 3.28. The van der Waals surface area contributed by atoms with Crippen LogP contribution in [0.1, 0.15) is 31.2 Å². The fraction of sp³-hybridized carbons (Fsp3) is 0.333. The molecule has 0 saturated heterocycles. The molecule has 0 unspecified atom stereocenters. The van der Waals surface area contributed by atoms with Crippen LogP contribution in [0.4, 0.5) is 11.6 Å². The highest BCUT2D eigenvalue weighted by Gasteiger charge is 2.14. The number of rotatable bonds is 5. The Hall–Kier alpha value is -2.76. The van der Waals surface area contributed by atoms with Crippen LogP contribution in [0.25, 0.3) is 10.8 Å². The number of methoxy groups -OCH3 is 2. The summed E-state index contributed by atoms with van der Waals surface area (Å²) in [6, 6.07) is 7.89. The number of nitrogens with zero attached hydrogens (tertiary/aromatic N) is 2. The Morgan fingerprint density at radius 1 is 1.00 bits per heavy atom. The largest absolute Gasteiger partial charge is 0.493 e. The quantitative estimate of drug-likeness (QED) is 0.737. The second-order valence-corrected chi connectivity index (χ2v) is 6.04. The molecular weight excluding hydrogens is 304 g/mol. The van der Waals surface area contributed by atoms with Crippen LogP contribution in [0.2, 0.25) is 0 Å². The maximum atomic E-state index is 5.43. The first-order valence-corrected chi connectivity index (χ1v) is 7.87. The van der Waals surface area contributed by atoms with Crippen LogP contribution in [0.15, 0.2) is 24.3 Å². The molecule has 0 atom stereocenters. The summed E-state index contributed by atoms with van der Waals surface area (Å²) < 4.78 is 10.8. The van der Waals surface area contributed by atoms with Gasteiger partial charge in [0.25, 0.3) is 0 Å². The minimum absolute atomic E-state index is 0.272. The molecular formula is C18H22N4O2. The first kappa shape index (κ1) is 16.1. The van der Waals surface area contributed by atoms with E-state index in [1.54, 1.807) is 14.2 Å². The lowest BCUT2D eigenvalue weighted by molar-refractivity contribution is 0.356. The summed E-state index contributed by atoms with van der Waals surface area (Å²) in [6.07, 6.45) is 0. The average Bonchev–Trinajstić information content (AvgIpc) is 2.97. The zero-order valence-corrected chi connectivity index (χ0v) is 14.6. The van der Waals surface area contributed by atoms with Gasteiger partial charge in [0.15, 0.2) is 17.3 Å². The number of pyridine rings is 1. The van der Waals surface area contributed by atoms with E-state index < -0.39 is 0 Å². The highest BCUT2D eigenvalue weighted by Crippen LogP contribution is 2.36. The van der Waals surface area contributed by atoms with Gasteiger partial charge in [0, 0.05) is 17.1 Å². The second kappa shape index (κ2) is 6.39. The lowest BCUT2D eigenvalue weighted by Crippen LogP contribution is -2.01. The lowest BCUT2D eigenvalue weighted by atomic mass is 10.0. The van der Waals surface area contributed by atoms with Gasteiger partial charge in [-0.15, -0.1) is 0 Å². The normalized spacial score (nSPS) is 11.1. The first-order chi connectivity index (χ1) is 11.5. The average molecular weight is 326 g/mol. The number of aromatic nitrogens is 3. The minimum Gasteiger partial charge on any atom is -0.493 e. The van der Waals surface area contributed by atoms with Crippen LogP contribution in [0, 0.1) is 6.92 Å². The van der Waals surface area contributed by atoms with E-state index in [0.29, 0.717) is 11.5 Å². The fourth-order valence-electron chi connectivity index (χ4n) is 2.72. The number of nitrogens with one attached hydrogen (secondary N) is 2. The molecule has 2 heterocycles. The third kappa shape index (κ3) is 2.99. The SMILES string of the molecule is COc1cc2cc(Nc3cc(C)[nH]n3)nc(C(C)C)c2cc1OC. The third-order valence-corrected chi connectivity index (χ3v) is 3.87. The fourth-order valence-corrected chi connectivity index (χ4v) is 2.72. The standard InChI is InChI=1S/C18H22N4O2/c1-10(2)18-13-9-15(24-5)14(23-4)7-12(13)8-16(20-18)19-17-6-11(3)21-22-17/h6-10H,1-5H3,(H2,19,20,21,22). The maximum absolute atomic E-state index is 5.43. The van der Waals surface area contributed by atoms with Gasteiger partial charge in [-0.25, -0.2) is 4.98 Å². The molecule has 6 nitrogen and oxygen atoms in total. The molecule has 2 aromatic heterocycles. The topological polar surface area (TPSA) is 72.1 Å². The molecule has 3 aromatic rings. The molecule has 24 heavy (non-hydrogen) atoms. The number of hydrogen-bond acceptors (Lipinski definition) is 5. The van der Waals surface area contributed by atoms with E-state index in [9.17, 15) is 0 Å². The highest BCUT2D eigenvalue weighted by molar-refractivity contribution is 5.90. The van der Waals surface area contributed by atoms with Crippen molar-refractivity contribution in [3.63, 3.8) is 0 Å². The summed E-state index contributed by atoms with van der Waals surface area (Å²) in [6.45, 7) is 6.21. The van der Waals surface area contributed by atoms with Crippen LogP contribution < -0.4 is 14.8 Å². The predicted molar refractivity (Wildman–Crippen MR) is 95.5 cm³/mol. The third-order valence-electron chi connectivity index (χ3n) is 3.87. The summed E-state index contributed by atoms with van der Waals surface area (Å²) in [5.74, 6) is 3.18. The number of benzene rings is 1. The summed E-state index contributed by atoms with van der Waals surface area (Å²) >= 11 is 0. The van der Waals surface area contributed by atoms with Crippen molar-refractivity contribution in [1.29, 1.82) is 0 Å². The van der Waals surface area contributed by atoms with E-state index in [0.717, 1.165) is 33.8 Å². The zero-order chi connectivity index (χ0) is 17.3. The monoisotopic (exact) mass is 326 g/mol. The van der Waals surface area contributed by atoms with E-state index in [-0.39, 0.29) is 5.92 Å². The van der Waals surface area contributed by atoms with Crippen LogP contribution in [-0.2, 0) is 0 Å². The smallest absolute Gasteiger partial charge is 0.161 e. The summed E-state index contributed by atoms with van der Waals surface area (Å²) in [5, 5.41) is 12.5. The Labute approximate surface area is 141 Å². The van der Waals surface area contributed by atoms with E-state index in [1.807, 2.05) is 31.2 Å². The number of aromatic amines is 1. The van der Waals surface area contributed by atoms with Crippen molar-refractivity contribution in [3.05, 3.63) is 35.7 Å². The van der Waals surface area contributed by atoms with Crippen molar-refractivity contribution in [3.8, 4) is 11.5 Å². The highest BCUT2D eigenvalue weighted by atomic mass is 16.5. The van der Waals surface area contributed by atoms with Crippen LogP contribution >= 0.6 is 0 Å². The van der Waals surface area contributed by atoms with Crippen molar-refractivity contribution in [2.45, 2.75) is 26.7 Å². The molecule has 6 heteroatoms. The van der Waals surface area contributed by atoms with Gasteiger partial charge in [-0.3, -0.25) is 5.10 Å². The minimum atomic E-state index is 0.272. The van der Waals surface area contributed by atoms with E-state index in [4.69, 9.17) is 14.5 Å². The first-order valence-electron chi connectivity index (χ1n) is 7.87. The molecule has 0 aliphatic carbocycles. The van der Waals surface area contributed by atoms with Crippen molar-refractivity contribution in [2.24, 2.45) is 0 Å². The van der Waals surface area contributed by atoms with Crippen molar-refractivity contribution >= 4 is 22.4 Å². The van der Waals surface area contributed by atoms with Gasteiger partial charge in [0.2, 0.25) is 0 Å². The molecule has 0 radical (unpaired) electrons. The number of aryl methyl sites for hydroxylation is 1. The summed E-state index contributed by atoms with van der Waals surface area (Å²) in [5.41, 5.74) is 2.00. The molecule has 3 rings (SSSR count). The van der Waals surface area contributed by atoms with Gasteiger partial charge in [-0.1, -0.05) is 13.8 Å². The predicted octanol–water partition coefficient (Wildman–Crippen LogP) is 4.15. The Kier molecular flexibility index (Phi) is 4.29. The lowest BCUT2D eigenvalue weighted by Gasteiger charge is -2.15. The summed E-state index contributed by atoms with van der Waals surface area (Å²) in [4.78, 5) is 4.77. The molecule has 0 saturated carbocycles. The molecule has 0 aliphatic heterocycles. The number of H-pyrrole nitrogens is 1. The molecule has 126 valence electrons. The molecule has 0 spiro atoms. The van der Waals surface area contributed by atoms with Gasteiger partial charge in [-0.05, 0) is 36.4 Å². The van der Waals surface area contributed by atoms with Gasteiger partial charge in [-0.2, -0.15) is 5.10 Å². The molecule has 2 N–H and O–H groups in total. The van der Waals surface area contributed by atoms with Crippen LogP contribution in [0.5, 0.6) is 11.5 Å². The van der Waals surface area contributed by atoms with Gasteiger partial charge >= 0.3 is 0 Å². The van der Waals surface area contributed by atoms with Gasteiger partial charge in [0.05, 0.1) is 19.9 Å². The molecule has 0 amide bonds. The molecule has 0 bridgehead atoms. The number of anilines is 2. The molecule has 0 aliphatic rings.